The Kier molecular flexibility index (Phi) is 3.11. The van der Waals surface area contributed by atoms with Crippen LogP contribution in [0.4, 0.5) is 0 Å². The molecule has 0 saturated heterocycles. The Morgan fingerprint density at radius 1 is 1.11 bits per heavy atom. The third-order valence-corrected chi connectivity index (χ3v) is 3.91. The minimum atomic E-state index is 0.225. The Bertz CT molecular complexity index is 577. The molecule has 0 fully saturated rings. The highest BCUT2D eigenvalue weighted by Crippen LogP contribution is 2.32. The smallest absolute Gasteiger partial charge is 0.0594 e. The molecule has 0 amide bonds. The molecule has 2 heteroatoms. The maximum atomic E-state index is 6.32. The molecule has 1 nitrogen and oxygen atoms in total. The van der Waals surface area contributed by atoms with E-state index in [2.05, 4.69) is 36.5 Å². The van der Waals surface area contributed by atoms with Crippen LogP contribution in [0.1, 0.15) is 28.3 Å². The third kappa shape index (κ3) is 2.05. The molecule has 1 atom stereocenters. The molecule has 1 aliphatic rings. The van der Waals surface area contributed by atoms with Crippen LogP contribution >= 0.6 is 11.6 Å². The summed E-state index contributed by atoms with van der Waals surface area (Å²) in [6, 6.07) is 15.0. The van der Waals surface area contributed by atoms with Crippen LogP contribution in [-0.4, -0.2) is 6.54 Å². The number of halogens is 1. The predicted molar refractivity (Wildman–Crippen MR) is 76.2 cm³/mol. The van der Waals surface area contributed by atoms with Gasteiger partial charge in [0.05, 0.1) is 6.04 Å². The van der Waals surface area contributed by atoms with Crippen molar-refractivity contribution in [1.29, 1.82) is 0 Å². The topological polar surface area (TPSA) is 12.0 Å². The number of nitrogens with one attached hydrogen (secondary N) is 1. The molecule has 0 radical (unpaired) electrons. The molecule has 2 aromatic rings. The van der Waals surface area contributed by atoms with Crippen molar-refractivity contribution in [2.45, 2.75) is 19.4 Å². The van der Waals surface area contributed by atoms with Crippen molar-refractivity contribution < 1.29 is 0 Å². The van der Waals surface area contributed by atoms with Gasteiger partial charge in [0.25, 0.3) is 0 Å². The number of hydrogen-bond donors (Lipinski definition) is 1. The van der Waals surface area contributed by atoms with Crippen molar-refractivity contribution in [3.63, 3.8) is 0 Å². The van der Waals surface area contributed by atoms with Crippen LogP contribution in [0, 0.1) is 6.92 Å². The van der Waals surface area contributed by atoms with Gasteiger partial charge in [-0.25, -0.2) is 0 Å². The van der Waals surface area contributed by atoms with Crippen LogP contribution in [0.25, 0.3) is 0 Å². The van der Waals surface area contributed by atoms with Gasteiger partial charge in [0.1, 0.15) is 0 Å². The average Bonchev–Trinajstić information content (AvgIpc) is 2.38. The van der Waals surface area contributed by atoms with Crippen LogP contribution in [0.5, 0.6) is 0 Å². The molecular formula is C16H16ClN. The normalized spacial score (nSPS) is 18.4. The van der Waals surface area contributed by atoms with Crippen molar-refractivity contribution >= 4 is 11.6 Å². The molecule has 3 rings (SSSR count). The van der Waals surface area contributed by atoms with Gasteiger partial charge >= 0.3 is 0 Å². The Morgan fingerprint density at radius 2 is 1.94 bits per heavy atom. The van der Waals surface area contributed by atoms with Crippen molar-refractivity contribution in [1.82, 2.24) is 5.32 Å². The van der Waals surface area contributed by atoms with Crippen LogP contribution < -0.4 is 5.32 Å². The van der Waals surface area contributed by atoms with Gasteiger partial charge in [-0.15, -0.1) is 0 Å². The maximum absolute atomic E-state index is 6.32. The quantitative estimate of drug-likeness (QED) is 0.818. The van der Waals surface area contributed by atoms with Crippen molar-refractivity contribution in [2.75, 3.05) is 6.54 Å². The molecule has 0 spiro atoms. The lowest BCUT2D eigenvalue weighted by molar-refractivity contribution is 0.567. The minimum absolute atomic E-state index is 0.225. The van der Waals surface area contributed by atoms with E-state index in [0.29, 0.717) is 0 Å². The van der Waals surface area contributed by atoms with E-state index in [4.69, 9.17) is 11.6 Å². The summed E-state index contributed by atoms with van der Waals surface area (Å²) in [7, 11) is 0. The lowest BCUT2D eigenvalue weighted by Crippen LogP contribution is -2.30. The molecular weight excluding hydrogens is 242 g/mol. The molecule has 1 unspecified atom stereocenters. The lowest BCUT2D eigenvalue weighted by Gasteiger charge is -2.28. The van der Waals surface area contributed by atoms with Gasteiger partial charge < -0.3 is 5.32 Å². The van der Waals surface area contributed by atoms with Crippen molar-refractivity contribution in [3.8, 4) is 0 Å². The Balaban J connectivity index is 2.09. The first-order valence-corrected chi connectivity index (χ1v) is 6.71. The second-order valence-electron chi connectivity index (χ2n) is 4.86. The van der Waals surface area contributed by atoms with Gasteiger partial charge in [0.2, 0.25) is 0 Å². The fourth-order valence-corrected chi connectivity index (χ4v) is 2.93. The number of fused-ring (bicyclic) bond motifs is 1. The average molecular weight is 258 g/mol. The number of benzene rings is 2. The SMILES string of the molecule is Cc1ccc2c(c1)CCNC2c1ccccc1Cl. The molecule has 18 heavy (non-hydrogen) atoms. The lowest BCUT2D eigenvalue weighted by atomic mass is 9.89. The van der Waals surface area contributed by atoms with Crippen LogP contribution in [0.15, 0.2) is 42.5 Å². The first kappa shape index (κ1) is 11.8. The van der Waals surface area contributed by atoms with E-state index in [1.165, 1.54) is 22.3 Å². The van der Waals surface area contributed by atoms with E-state index in [-0.39, 0.29) is 6.04 Å². The number of hydrogen-bond acceptors (Lipinski definition) is 1. The zero-order valence-corrected chi connectivity index (χ0v) is 11.2. The first-order valence-electron chi connectivity index (χ1n) is 6.33. The summed E-state index contributed by atoms with van der Waals surface area (Å²) in [5.74, 6) is 0. The summed E-state index contributed by atoms with van der Waals surface area (Å²) in [5, 5.41) is 4.40. The molecule has 1 N–H and O–H groups in total. The highest BCUT2D eigenvalue weighted by atomic mass is 35.5. The maximum Gasteiger partial charge on any atom is 0.0594 e. The number of rotatable bonds is 1. The van der Waals surface area contributed by atoms with Gasteiger partial charge in [0.15, 0.2) is 0 Å². The third-order valence-electron chi connectivity index (χ3n) is 3.57. The standard InChI is InChI=1S/C16H16ClN/c1-11-6-7-13-12(10-11)8-9-18-16(13)14-4-2-3-5-15(14)17/h2-7,10,16,18H,8-9H2,1H3. The summed E-state index contributed by atoms with van der Waals surface area (Å²) in [5.41, 5.74) is 5.30. The van der Waals surface area contributed by atoms with E-state index in [1.54, 1.807) is 0 Å². The molecule has 0 bridgehead atoms. The minimum Gasteiger partial charge on any atom is -0.306 e. The largest absolute Gasteiger partial charge is 0.306 e. The van der Waals surface area contributed by atoms with Gasteiger partial charge in [-0.2, -0.15) is 0 Å². The van der Waals surface area contributed by atoms with Crippen molar-refractivity contribution in [3.05, 3.63) is 69.7 Å². The second-order valence-corrected chi connectivity index (χ2v) is 5.27. The van der Waals surface area contributed by atoms with Gasteiger partial charge in [-0.05, 0) is 36.1 Å². The molecule has 92 valence electrons. The molecule has 2 aromatic carbocycles. The monoisotopic (exact) mass is 257 g/mol. The van der Waals surface area contributed by atoms with Crippen LogP contribution in [0.3, 0.4) is 0 Å². The van der Waals surface area contributed by atoms with E-state index < -0.39 is 0 Å². The molecule has 0 aromatic heterocycles. The predicted octanol–water partition coefficient (Wildman–Crippen LogP) is 3.88. The van der Waals surface area contributed by atoms with E-state index in [0.717, 1.165) is 18.0 Å². The van der Waals surface area contributed by atoms with Crippen LogP contribution in [-0.2, 0) is 6.42 Å². The zero-order chi connectivity index (χ0) is 12.5. The Hall–Kier alpha value is -1.31. The Morgan fingerprint density at radius 3 is 2.78 bits per heavy atom. The van der Waals surface area contributed by atoms with Gasteiger partial charge in [-0.3, -0.25) is 0 Å². The first-order chi connectivity index (χ1) is 8.75. The molecule has 0 saturated carbocycles. The van der Waals surface area contributed by atoms with E-state index >= 15 is 0 Å². The fraction of sp³-hybridized carbons (Fsp3) is 0.250. The van der Waals surface area contributed by atoms with Gasteiger partial charge in [0, 0.05) is 11.6 Å². The Labute approximate surface area is 113 Å². The summed E-state index contributed by atoms with van der Waals surface area (Å²) in [6.45, 7) is 3.15. The summed E-state index contributed by atoms with van der Waals surface area (Å²) >= 11 is 6.32. The summed E-state index contributed by atoms with van der Waals surface area (Å²) in [4.78, 5) is 0. The second kappa shape index (κ2) is 4.75. The molecule has 1 heterocycles. The molecule has 1 aliphatic heterocycles. The van der Waals surface area contributed by atoms with E-state index in [1.807, 2.05) is 18.2 Å². The van der Waals surface area contributed by atoms with E-state index in [9.17, 15) is 0 Å². The fourth-order valence-electron chi connectivity index (χ4n) is 2.68. The van der Waals surface area contributed by atoms with Crippen molar-refractivity contribution in [2.24, 2.45) is 0 Å². The highest BCUT2D eigenvalue weighted by molar-refractivity contribution is 6.31. The zero-order valence-electron chi connectivity index (χ0n) is 10.4. The van der Waals surface area contributed by atoms with Gasteiger partial charge in [-0.1, -0.05) is 53.6 Å². The summed E-state index contributed by atoms with van der Waals surface area (Å²) < 4.78 is 0. The summed E-state index contributed by atoms with van der Waals surface area (Å²) in [6.07, 6.45) is 1.10. The van der Waals surface area contributed by atoms with Crippen LogP contribution in [0.2, 0.25) is 5.02 Å². The molecule has 0 aliphatic carbocycles. The highest BCUT2D eigenvalue weighted by Gasteiger charge is 2.22. The number of aryl methyl sites for hydroxylation is 1.